The van der Waals surface area contributed by atoms with E-state index in [4.69, 9.17) is 0 Å². The molecule has 2 aromatic carbocycles. The van der Waals surface area contributed by atoms with Crippen LogP contribution in [0.25, 0.3) is 0 Å². The molecule has 6 heteroatoms. The molecular formula is C18H15BrN4O. The van der Waals surface area contributed by atoms with Gasteiger partial charge in [-0.25, -0.2) is 0 Å². The van der Waals surface area contributed by atoms with Crippen LogP contribution in [0.1, 0.15) is 16.1 Å². The molecule has 0 spiro atoms. The summed E-state index contributed by atoms with van der Waals surface area (Å²) in [6.07, 6.45) is 0. The molecule has 5 nitrogen and oxygen atoms in total. The monoisotopic (exact) mass is 382 g/mol. The number of nitrogens with zero attached hydrogens (tertiary/aromatic N) is 2. The highest BCUT2D eigenvalue weighted by molar-refractivity contribution is 9.10. The van der Waals surface area contributed by atoms with Crippen molar-refractivity contribution >= 4 is 39.0 Å². The molecule has 1 amide bonds. The Labute approximate surface area is 148 Å². The average molecular weight is 383 g/mol. The maximum absolute atomic E-state index is 12.1. The molecule has 3 rings (SSSR count). The predicted octanol–water partition coefficient (Wildman–Crippen LogP) is 4.54. The van der Waals surface area contributed by atoms with E-state index < -0.39 is 0 Å². The van der Waals surface area contributed by atoms with Crippen molar-refractivity contribution in [3.63, 3.8) is 0 Å². The Morgan fingerprint density at radius 2 is 1.75 bits per heavy atom. The molecule has 0 saturated carbocycles. The summed E-state index contributed by atoms with van der Waals surface area (Å²) >= 11 is 3.47. The number of rotatable bonds is 4. The topological polar surface area (TPSA) is 66.9 Å². The fraction of sp³-hybridized carbons (Fsp3) is 0.0556. The van der Waals surface area contributed by atoms with Gasteiger partial charge in [0.05, 0.1) is 0 Å². The normalized spacial score (nSPS) is 10.2. The summed E-state index contributed by atoms with van der Waals surface area (Å²) in [5.41, 5.74) is 3.01. The molecule has 2 N–H and O–H groups in total. The van der Waals surface area contributed by atoms with Gasteiger partial charge in [-0.15, -0.1) is 10.2 Å². The van der Waals surface area contributed by atoms with Crippen LogP contribution in [0.3, 0.4) is 0 Å². The molecule has 0 aliphatic rings. The third-order valence-electron chi connectivity index (χ3n) is 3.36. The minimum atomic E-state index is -0.292. The van der Waals surface area contributed by atoms with Gasteiger partial charge in [-0.05, 0) is 55.0 Å². The molecule has 0 fully saturated rings. The first kappa shape index (κ1) is 16.1. The van der Waals surface area contributed by atoms with Crippen LogP contribution in [-0.4, -0.2) is 16.1 Å². The van der Waals surface area contributed by atoms with E-state index in [1.807, 2.05) is 55.5 Å². The fourth-order valence-electron chi connectivity index (χ4n) is 2.11. The predicted molar refractivity (Wildman–Crippen MR) is 98.6 cm³/mol. The summed E-state index contributed by atoms with van der Waals surface area (Å²) < 4.78 is 1.05. The molecule has 1 heterocycles. The Morgan fingerprint density at radius 1 is 0.958 bits per heavy atom. The van der Waals surface area contributed by atoms with Crippen molar-refractivity contribution in [2.45, 2.75) is 6.92 Å². The minimum Gasteiger partial charge on any atom is -0.339 e. The number of aryl methyl sites for hydroxylation is 1. The molecule has 0 radical (unpaired) electrons. The van der Waals surface area contributed by atoms with Gasteiger partial charge in [0, 0.05) is 15.8 Å². The Morgan fingerprint density at radius 3 is 2.42 bits per heavy atom. The highest BCUT2D eigenvalue weighted by atomic mass is 79.9. The van der Waals surface area contributed by atoms with Crippen LogP contribution in [0.2, 0.25) is 0 Å². The Hall–Kier alpha value is -2.73. The number of carbonyl (C=O) groups is 1. The van der Waals surface area contributed by atoms with Crippen molar-refractivity contribution in [2.75, 3.05) is 10.6 Å². The van der Waals surface area contributed by atoms with Crippen molar-refractivity contribution in [2.24, 2.45) is 0 Å². The summed E-state index contributed by atoms with van der Waals surface area (Å²) in [7, 11) is 0. The summed E-state index contributed by atoms with van der Waals surface area (Å²) in [4.78, 5) is 12.1. The van der Waals surface area contributed by atoms with E-state index in [1.165, 1.54) is 0 Å². The molecule has 3 aromatic rings. The van der Waals surface area contributed by atoms with Gasteiger partial charge in [0.1, 0.15) is 0 Å². The van der Waals surface area contributed by atoms with Gasteiger partial charge in [-0.3, -0.25) is 4.79 Å². The van der Waals surface area contributed by atoms with Gasteiger partial charge >= 0.3 is 0 Å². The van der Waals surface area contributed by atoms with Gasteiger partial charge in [0.2, 0.25) is 0 Å². The van der Waals surface area contributed by atoms with E-state index >= 15 is 0 Å². The number of anilines is 3. The fourth-order valence-corrected chi connectivity index (χ4v) is 2.35. The van der Waals surface area contributed by atoms with Crippen LogP contribution >= 0.6 is 15.9 Å². The number of nitrogens with one attached hydrogen (secondary N) is 2. The Balaban J connectivity index is 1.68. The molecule has 24 heavy (non-hydrogen) atoms. The zero-order valence-electron chi connectivity index (χ0n) is 13.0. The first-order valence-electron chi connectivity index (χ1n) is 7.35. The molecule has 0 saturated heterocycles. The molecule has 0 bridgehead atoms. The third kappa shape index (κ3) is 3.97. The van der Waals surface area contributed by atoms with Gasteiger partial charge in [0.15, 0.2) is 11.5 Å². The van der Waals surface area contributed by atoms with E-state index in [-0.39, 0.29) is 11.6 Å². The lowest BCUT2D eigenvalue weighted by Gasteiger charge is -2.08. The van der Waals surface area contributed by atoms with E-state index in [1.54, 1.807) is 12.1 Å². The second kappa shape index (κ2) is 7.23. The van der Waals surface area contributed by atoms with E-state index in [9.17, 15) is 4.79 Å². The largest absolute Gasteiger partial charge is 0.339 e. The van der Waals surface area contributed by atoms with Crippen LogP contribution in [0, 0.1) is 6.92 Å². The lowest BCUT2D eigenvalue weighted by molar-refractivity contribution is 0.102. The van der Waals surface area contributed by atoms with Crippen LogP contribution in [-0.2, 0) is 0 Å². The van der Waals surface area contributed by atoms with E-state index in [2.05, 4.69) is 36.8 Å². The van der Waals surface area contributed by atoms with Crippen LogP contribution in [0.15, 0.2) is 65.1 Å². The van der Waals surface area contributed by atoms with Crippen LogP contribution in [0.5, 0.6) is 0 Å². The van der Waals surface area contributed by atoms with E-state index in [0.29, 0.717) is 5.82 Å². The number of amides is 1. The van der Waals surface area contributed by atoms with Crippen molar-refractivity contribution in [1.82, 2.24) is 10.2 Å². The van der Waals surface area contributed by atoms with E-state index in [0.717, 1.165) is 21.4 Å². The Bertz CT molecular complexity index is 851. The maximum Gasteiger partial charge on any atom is 0.276 e. The lowest BCUT2D eigenvalue weighted by Crippen LogP contribution is -2.14. The van der Waals surface area contributed by atoms with Gasteiger partial charge in [-0.2, -0.15) is 0 Å². The molecular weight excluding hydrogens is 368 g/mol. The van der Waals surface area contributed by atoms with Crippen molar-refractivity contribution in [1.29, 1.82) is 0 Å². The quantitative estimate of drug-likeness (QED) is 0.694. The summed E-state index contributed by atoms with van der Waals surface area (Å²) in [5, 5.41) is 14.0. The molecule has 0 atom stereocenters. The average Bonchev–Trinajstić information content (AvgIpc) is 2.60. The number of para-hydroxylation sites is 1. The zero-order chi connectivity index (χ0) is 16.9. The van der Waals surface area contributed by atoms with Gasteiger partial charge < -0.3 is 10.6 Å². The Kier molecular flexibility index (Phi) is 4.86. The first-order chi connectivity index (χ1) is 11.6. The van der Waals surface area contributed by atoms with Gasteiger partial charge in [-0.1, -0.05) is 34.1 Å². The highest BCUT2D eigenvalue weighted by Crippen LogP contribution is 2.22. The minimum absolute atomic E-state index is 0.261. The number of carbonyl (C=O) groups excluding carboxylic acids is 1. The van der Waals surface area contributed by atoms with Crippen molar-refractivity contribution in [3.8, 4) is 0 Å². The lowest BCUT2D eigenvalue weighted by atomic mass is 10.2. The summed E-state index contributed by atoms with van der Waals surface area (Å²) in [6.45, 7) is 2.01. The van der Waals surface area contributed by atoms with Crippen LogP contribution in [0.4, 0.5) is 17.2 Å². The summed E-state index contributed by atoms with van der Waals surface area (Å²) in [6, 6.07) is 18.5. The third-order valence-corrected chi connectivity index (χ3v) is 4.25. The number of benzene rings is 2. The van der Waals surface area contributed by atoms with Crippen molar-refractivity contribution < 1.29 is 4.79 Å². The SMILES string of the molecule is Cc1cc(Nc2ccc(C(=O)Nc3ccccc3)nn2)ccc1Br. The number of hydrogen-bond acceptors (Lipinski definition) is 4. The highest BCUT2D eigenvalue weighted by Gasteiger charge is 2.08. The second-order valence-electron chi connectivity index (χ2n) is 5.21. The number of halogens is 1. The summed E-state index contributed by atoms with van der Waals surface area (Å²) in [5.74, 6) is 0.285. The van der Waals surface area contributed by atoms with Crippen LogP contribution < -0.4 is 10.6 Å². The smallest absolute Gasteiger partial charge is 0.276 e. The standard InChI is InChI=1S/C18H15BrN4O/c1-12-11-14(7-8-15(12)19)20-17-10-9-16(22-23-17)18(24)21-13-5-3-2-4-6-13/h2-11H,1H3,(H,20,23)(H,21,24). The number of aromatic nitrogens is 2. The van der Waals surface area contributed by atoms with Crippen molar-refractivity contribution in [3.05, 3.63) is 76.4 Å². The molecule has 120 valence electrons. The number of hydrogen-bond donors (Lipinski definition) is 2. The molecule has 0 unspecified atom stereocenters. The molecule has 0 aliphatic heterocycles. The molecule has 0 aliphatic carbocycles. The first-order valence-corrected chi connectivity index (χ1v) is 8.14. The maximum atomic E-state index is 12.1. The zero-order valence-corrected chi connectivity index (χ0v) is 14.5. The molecule has 1 aromatic heterocycles. The second-order valence-corrected chi connectivity index (χ2v) is 6.07. The van der Waals surface area contributed by atoms with Gasteiger partial charge in [0.25, 0.3) is 5.91 Å².